The van der Waals surface area contributed by atoms with Crippen LogP contribution >= 0.6 is 0 Å². The van der Waals surface area contributed by atoms with Gasteiger partial charge in [0.15, 0.2) is 0 Å². The maximum atomic E-state index is 13.4. The Balaban J connectivity index is 1.89. The quantitative estimate of drug-likeness (QED) is 0.695. The van der Waals surface area contributed by atoms with Crippen molar-refractivity contribution >= 4 is 26.4 Å². The third-order valence-corrected chi connectivity index (χ3v) is 6.96. The van der Waals surface area contributed by atoms with Crippen molar-refractivity contribution in [2.45, 2.75) is 16.7 Å². The summed E-state index contributed by atoms with van der Waals surface area (Å²) in [5, 5.41) is 0.888. The number of pyridine rings is 1. The third kappa shape index (κ3) is 3.31. The number of hydrogen-bond donors (Lipinski definition) is 0. The molecule has 140 valence electrons. The van der Waals surface area contributed by atoms with Crippen molar-refractivity contribution in [3.05, 3.63) is 60.8 Å². The fourth-order valence-electron chi connectivity index (χ4n) is 3.65. The molecule has 1 fully saturated rings. The Morgan fingerprint density at radius 2 is 1.59 bits per heavy atom. The van der Waals surface area contributed by atoms with E-state index in [1.54, 1.807) is 24.3 Å². The molecule has 0 saturated carbocycles. The lowest BCUT2D eigenvalue weighted by molar-refractivity contribution is 0.271. The fraction of sp³-hybridized carbons (Fsp3) is 0.286. The Hall–Kier alpha value is -2.44. The summed E-state index contributed by atoms with van der Waals surface area (Å²) in [6.45, 7) is 6.64. The molecule has 6 heteroatoms. The minimum absolute atomic E-state index is 0.289. The smallest absolute Gasteiger partial charge is 0.210 e. The highest BCUT2D eigenvalue weighted by molar-refractivity contribution is 7.91. The standard InChI is InChI=1S/C21H23N3O2S/c1-2-23-12-14-24(15-13-23)21-18-10-6-7-11-19(18)22-16-20(21)27(25,26)17-8-4-3-5-9-17/h3-11,16H,2,12-15H2,1H3. The van der Waals surface area contributed by atoms with E-state index in [1.807, 2.05) is 30.3 Å². The molecule has 0 bridgehead atoms. The third-order valence-electron chi connectivity index (χ3n) is 5.19. The van der Waals surface area contributed by atoms with Gasteiger partial charge in [0, 0.05) is 37.8 Å². The number of aromatic nitrogens is 1. The van der Waals surface area contributed by atoms with Gasteiger partial charge >= 0.3 is 0 Å². The summed E-state index contributed by atoms with van der Waals surface area (Å²) in [5.41, 5.74) is 1.60. The number of hydrogen-bond acceptors (Lipinski definition) is 5. The Morgan fingerprint density at radius 1 is 0.926 bits per heavy atom. The largest absolute Gasteiger partial charge is 0.367 e. The first-order chi connectivity index (χ1) is 13.1. The summed E-state index contributed by atoms with van der Waals surface area (Å²) in [5.74, 6) is 0. The molecular formula is C21H23N3O2S. The summed E-state index contributed by atoms with van der Waals surface area (Å²) >= 11 is 0. The first-order valence-electron chi connectivity index (χ1n) is 9.26. The van der Waals surface area contributed by atoms with Gasteiger partial charge in [-0.1, -0.05) is 43.3 Å². The molecule has 0 aliphatic carbocycles. The van der Waals surface area contributed by atoms with Crippen molar-refractivity contribution in [1.29, 1.82) is 0 Å². The van der Waals surface area contributed by atoms with Crippen molar-refractivity contribution in [2.24, 2.45) is 0 Å². The summed E-state index contributed by atoms with van der Waals surface area (Å²) in [4.78, 5) is 9.61. The molecule has 0 unspecified atom stereocenters. The van der Waals surface area contributed by atoms with Crippen LogP contribution in [0.25, 0.3) is 10.9 Å². The monoisotopic (exact) mass is 381 g/mol. The Bertz CT molecular complexity index is 1040. The summed E-state index contributed by atoms with van der Waals surface area (Å²) in [6.07, 6.45) is 1.52. The van der Waals surface area contributed by atoms with Crippen molar-refractivity contribution in [3.63, 3.8) is 0 Å². The zero-order valence-corrected chi connectivity index (χ0v) is 16.2. The van der Waals surface area contributed by atoms with Gasteiger partial charge in [-0.05, 0) is 24.7 Å². The Labute approximate surface area is 160 Å². The second-order valence-corrected chi connectivity index (χ2v) is 8.64. The van der Waals surface area contributed by atoms with E-state index in [0.29, 0.717) is 4.90 Å². The summed E-state index contributed by atoms with van der Waals surface area (Å²) in [6, 6.07) is 16.4. The van der Waals surface area contributed by atoms with Crippen LogP contribution in [-0.4, -0.2) is 51.0 Å². The second kappa shape index (κ2) is 7.29. The van der Waals surface area contributed by atoms with E-state index < -0.39 is 9.84 Å². The van der Waals surface area contributed by atoms with Gasteiger partial charge in [-0.25, -0.2) is 8.42 Å². The van der Waals surface area contributed by atoms with E-state index in [4.69, 9.17) is 0 Å². The minimum atomic E-state index is -3.65. The Morgan fingerprint density at radius 3 is 2.30 bits per heavy atom. The maximum Gasteiger partial charge on any atom is 0.210 e. The maximum absolute atomic E-state index is 13.4. The number of fused-ring (bicyclic) bond motifs is 1. The number of anilines is 1. The highest BCUT2D eigenvalue weighted by Crippen LogP contribution is 2.36. The molecule has 0 atom stereocenters. The lowest BCUT2D eigenvalue weighted by Crippen LogP contribution is -2.46. The molecular weight excluding hydrogens is 358 g/mol. The molecule has 2 aromatic carbocycles. The van der Waals surface area contributed by atoms with Crippen LogP contribution in [0.5, 0.6) is 0 Å². The first kappa shape index (κ1) is 17.9. The molecule has 0 amide bonds. The normalized spacial score (nSPS) is 16.0. The van der Waals surface area contributed by atoms with E-state index in [2.05, 4.69) is 21.7 Å². The van der Waals surface area contributed by atoms with Crippen LogP contribution in [-0.2, 0) is 9.84 Å². The molecule has 3 aromatic rings. The van der Waals surface area contributed by atoms with Gasteiger partial charge in [0.1, 0.15) is 4.90 Å². The van der Waals surface area contributed by atoms with E-state index in [9.17, 15) is 8.42 Å². The van der Waals surface area contributed by atoms with Gasteiger partial charge in [-0.3, -0.25) is 4.98 Å². The molecule has 1 aliphatic rings. The highest BCUT2D eigenvalue weighted by Gasteiger charge is 2.28. The predicted molar refractivity (Wildman–Crippen MR) is 108 cm³/mol. The molecule has 27 heavy (non-hydrogen) atoms. The van der Waals surface area contributed by atoms with Crippen molar-refractivity contribution < 1.29 is 8.42 Å². The molecule has 0 N–H and O–H groups in total. The number of sulfone groups is 1. The van der Waals surface area contributed by atoms with Crippen molar-refractivity contribution in [1.82, 2.24) is 9.88 Å². The molecule has 4 rings (SSSR count). The average molecular weight is 382 g/mol. The van der Waals surface area contributed by atoms with Crippen LogP contribution in [0, 0.1) is 0 Å². The lowest BCUT2D eigenvalue weighted by Gasteiger charge is -2.36. The number of rotatable bonds is 4. The van der Waals surface area contributed by atoms with Crippen LogP contribution < -0.4 is 4.90 Å². The zero-order chi connectivity index (χ0) is 18.9. The van der Waals surface area contributed by atoms with Crippen molar-refractivity contribution in [2.75, 3.05) is 37.6 Å². The minimum Gasteiger partial charge on any atom is -0.367 e. The molecule has 1 aromatic heterocycles. The number of benzene rings is 2. The van der Waals surface area contributed by atoms with Crippen LogP contribution in [0.3, 0.4) is 0 Å². The molecule has 1 aliphatic heterocycles. The van der Waals surface area contributed by atoms with Gasteiger partial charge in [-0.15, -0.1) is 0 Å². The molecule has 5 nitrogen and oxygen atoms in total. The van der Waals surface area contributed by atoms with Gasteiger partial charge in [0.25, 0.3) is 0 Å². The van der Waals surface area contributed by atoms with Crippen molar-refractivity contribution in [3.8, 4) is 0 Å². The summed E-state index contributed by atoms with van der Waals surface area (Å²) < 4.78 is 26.8. The number of piperazine rings is 1. The van der Waals surface area contributed by atoms with Crippen LogP contribution in [0.2, 0.25) is 0 Å². The second-order valence-electron chi connectivity index (χ2n) is 6.73. The first-order valence-corrected chi connectivity index (χ1v) is 10.7. The summed E-state index contributed by atoms with van der Waals surface area (Å²) in [7, 11) is -3.65. The van der Waals surface area contributed by atoms with Crippen LogP contribution in [0.15, 0.2) is 70.6 Å². The van der Waals surface area contributed by atoms with Gasteiger partial charge in [-0.2, -0.15) is 0 Å². The van der Waals surface area contributed by atoms with E-state index in [-0.39, 0.29) is 4.90 Å². The molecule has 0 spiro atoms. The average Bonchev–Trinajstić information content (AvgIpc) is 2.73. The van der Waals surface area contributed by atoms with Crippen LogP contribution in [0.4, 0.5) is 5.69 Å². The number of likely N-dealkylation sites (N-methyl/N-ethyl adjacent to an activating group) is 1. The van der Waals surface area contributed by atoms with E-state index in [0.717, 1.165) is 49.3 Å². The lowest BCUT2D eigenvalue weighted by atomic mass is 10.1. The predicted octanol–water partition coefficient (Wildman–Crippen LogP) is 3.21. The van der Waals surface area contributed by atoms with E-state index in [1.165, 1.54) is 6.20 Å². The topological polar surface area (TPSA) is 53.5 Å². The van der Waals surface area contributed by atoms with Gasteiger partial charge < -0.3 is 9.80 Å². The molecule has 0 radical (unpaired) electrons. The SMILES string of the molecule is CCN1CCN(c2c(S(=O)(=O)c3ccccc3)cnc3ccccc23)CC1. The number of nitrogens with zero attached hydrogens (tertiary/aromatic N) is 3. The Kier molecular flexibility index (Phi) is 4.85. The zero-order valence-electron chi connectivity index (χ0n) is 15.4. The number of para-hydroxylation sites is 1. The van der Waals surface area contributed by atoms with Gasteiger partial charge in [0.05, 0.1) is 16.1 Å². The highest BCUT2D eigenvalue weighted by atomic mass is 32.2. The molecule has 1 saturated heterocycles. The molecule has 2 heterocycles. The van der Waals surface area contributed by atoms with E-state index >= 15 is 0 Å². The fourth-order valence-corrected chi connectivity index (χ4v) is 5.10. The van der Waals surface area contributed by atoms with Gasteiger partial charge in [0.2, 0.25) is 9.84 Å². The van der Waals surface area contributed by atoms with Crippen LogP contribution in [0.1, 0.15) is 6.92 Å².